The second-order valence-electron chi connectivity index (χ2n) is 3.06. The summed E-state index contributed by atoms with van der Waals surface area (Å²) < 4.78 is 60.0. The van der Waals surface area contributed by atoms with Gasteiger partial charge in [-0.25, -0.2) is 13.4 Å². The van der Waals surface area contributed by atoms with Crippen LogP contribution < -0.4 is 0 Å². The van der Waals surface area contributed by atoms with E-state index in [4.69, 9.17) is 16.7 Å². The van der Waals surface area contributed by atoms with Gasteiger partial charge in [-0.2, -0.15) is 13.2 Å². The maximum Gasteiger partial charge on any atom is 0.416 e. The standard InChI is InChI=1S/C8H7ClF3NO3S/c9-6-3-5(8(10,11)12)4-7(13-6)17(15,16)2-1-14/h3-4,14H,1-2H2. The van der Waals surface area contributed by atoms with Gasteiger partial charge in [0.1, 0.15) is 5.15 Å². The minimum Gasteiger partial charge on any atom is -0.395 e. The molecular formula is C8H7ClF3NO3S. The van der Waals surface area contributed by atoms with Crippen LogP contribution in [0.1, 0.15) is 5.56 Å². The smallest absolute Gasteiger partial charge is 0.395 e. The minimum atomic E-state index is -4.71. The number of pyridine rings is 1. The SMILES string of the molecule is O=S(=O)(CCO)c1cc(C(F)(F)F)cc(Cl)n1. The van der Waals surface area contributed by atoms with Crippen molar-refractivity contribution in [3.63, 3.8) is 0 Å². The number of aliphatic hydroxyl groups is 1. The van der Waals surface area contributed by atoms with Crippen LogP contribution in [-0.4, -0.2) is 30.9 Å². The van der Waals surface area contributed by atoms with Gasteiger partial charge >= 0.3 is 6.18 Å². The molecule has 0 aliphatic carbocycles. The average molecular weight is 290 g/mol. The highest BCUT2D eigenvalue weighted by Crippen LogP contribution is 2.31. The fourth-order valence-corrected chi connectivity index (χ4v) is 2.27. The van der Waals surface area contributed by atoms with Crippen molar-refractivity contribution in [1.82, 2.24) is 4.98 Å². The normalized spacial score (nSPS) is 12.8. The molecule has 4 nitrogen and oxygen atoms in total. The van der Waals surface area contributed by atoms with Gasteiger partial charge in [-0.1, -0.05) is 11.6 Å². The summed E-state index contributed by atoms with van der Waals surface area (Å²) in [6, 6.07) is 0.913. The van der Waals surface area contributed by atoms with E-state index in [1.807, 2.05) is 0 Å². The molecule has 0 aliphatic heterocycles. The van der Waals surface area contributed by atoms with Crippen LogP contribution in [0.3, 0.4) is 0 Å². The Morgan fingerprint density at radius 2 is 1.94 bits per heavy atom. The van der Waals surface area contributed by atoms with Crippen molar-refractivity contribution in [3.8, 4) is 0 Å². The molecule has 1 aromatic heterocycles. The van der Waals surface area contributed by atoms with E-state index >= 15 is 0 Å². The Hall–Kier alpha value is -0.860. The second kappa shape index (κ2) is 4.79. The number of rotatable bonds is 3. The van der Waals surface area contributed by atoms with Crippen LogP contribution in [-0.2, 0) is 16.0 Å². The Kier molecular flexibility index (Phi) is 4.00. The van der Waals surface area contributed by atoms with E-state index in [-0.39, 0.29) is 0 Å². The van der Waals surface area contributed by atoms with E-state index in [1.165, 1.54) is 0 Å². The molecule has 0 radical (unpaired) electrons. The third-order valence-electron chi connectivity index (χ3n) is 1.78. The van der Waals surface area contributed by atoms with Crippen LogP contribution >= 0.6 is 11.6 Å². The second-order valence-corrected chi connectivity index (χ2v) is 5.50. The Morgan fingerprint density at radius 3 is 2.41 bits per heavy atom. The summed E-state index contributed by atoms with van der Waals surface area (Å²) in [5.74, 6) is -0.711. The average Bonchev–Trinajstić information content (AvgIpc) is 2.15. The van der Waals surface area contributed by atoms with Crippen molar-refractivity contribution in [2.75, 3.05) is 12.4 Å². The number of sulfone groups is 1. The van der Waals surface area contributed by atoms with Crippen molar-refractivity contribution < 1.29 is 26.7 Å². The Bertz CT molecular complexity index is 515. The fourth-order valence-electron chi connectivity index (χ4n) is 1.02. The van der Waals surface area contributed by atoms with Gasteiger partial charge in [-0.3, -0.25) is 0 Å². The van der Waals surface area contributed by atoms with E-state index in [2.05, 4.69) is 4.98 Å². The molecule has 9 heteroatoms. The monoisotopic (exact) mass is 289 g/mol. The van der Waals surface area contributed by atoms with Crippen LogP contribution in [0.15, 0.2) is 17.2 Å². The summed E-state index contributed by atoms with van der Waals surface area (Å²) in [7, 11) is -4.06. The first-order chi connectivity index (χ1) is 7.66. The highest BCUT2D eigenvalue weighted by molar-refractivity contribution is 7.91. The molecule has 1 heterocycles. The summed E-state index contributed by atoms with van der Waals surface area (Å²) >= 11 is 5.32. The van der Waals surface area contributed by atoms with Crippen LogP contribution in [0.25, 0.3) is 0 Å². The van der Waals surface area contributed by atoms with Crippen LogP contribution in [0.4, 0.5) is 13.2 Å². The van der Waals surface area contributed by atoms with Crippen LogP contribution in [0.2, 0.25) is 5.15 Å². The molecule has 0 aliphatic rings. The first-order valence-corrected chi connectivity index (χ1v) is 6.28. The first-order valence-electron chi connectivity index (χ1n) is 4.25. The lowest BCUT2D eigenvalue weighted by molar-refractivity contribution is -0.137. The van der Waals surface area contributed by atoms with Crippen molar-refractivity contribution in [2.45, 2.75) is 11.2 Å². The number of hydrogen-bond donors (Lipinski definition) is 1. The predicted octanol–water partition coefficient (Wildman–Crippen LogP) is 1.52. The summed E-state index contributed by atoms with van der Waals surface area (Å²) in [4.78, 5) is 3.30. The van der Waals surface area contributed by atoms with Crippen molar-refractivity contribution >= 4 is 21.4 Å². The molecule has 1 aromatic rings. The molecule has 1 N–H and O–H groups in total. The largest absolute Gasteiger partial charge is 0.416 e. The molecule has 0 saturated heterocycles. The molecule has 0 unspecified atom stereocenters. The number of alkyl halides is 3. The van der Waals surface area contributed by atoms with Crippen LogP contribution in [0, 0.1) is 0 Å². The first kappa shape index (κ1) is 14.2. The van der Waals surface area contributed by atoms with Crippen LogP contribution in [0.5, 0.6) is 0 Å². The van der Waals surface area contributed by atoms with E-state index in [0.717, 1.165) is 0 Å². The predicted molar refractivity (Wildman–Crippen MR) is 53.4 cm³/mol. The lowest BCUT2D eigenvalue weighted by Crippen LogP contribution is -2.14. The number of aromatic nitrogens is 1. The summed E-state index contributed by atoms with van der Waals surface area (Å²) in [6.45, 7) is -0.710. The Labute approximate surface area is 100.0 Å². The molecule has 0 amide bonds. The minimum absolute atomic E-state index is 0.386. The topological polar surface area (TPSA) is 67.3 Å². The molecule has 1 rings (SSSR count). The van der Waals surface area contributed by atoms with Gasteiger partial charge in [0.2, 0.25) is 0 Å². The molecular weight excluding hydrogens is 283 g/mol. The maximum atomic E-state index is 12.4. The van der Waals surface area contributed by atoms with Crippen molar-refractivity contribution in [3.05, 3.63) is 22.8 Å². The zero-order chi connectivity index (χ0) is 13.3. The van der Waals surface area contributed by atoms with Gasteiger partial charge < -0.3 is 5.11 Å². The Morgan fingerprint density at radius 1 is 1.35 bits per heavy atom. The molecule has 0 fully saturated rings. The van der Waals surface area contributed by atoms with E-state index in [1.54, 1.807) is 0 Å². The highest BCUT2D eigenvalue weighted by Gasteiger charge is 2.33. The zero-order valence-corrected chi connectivity index (χ0v) is 9.77. The van der Waals surface area contributed by atoms with Crippen molar-refractivity contribution in [1.29, 1.82) is 0 Å². The molecule has 0 bridgehead atoms. The molecule has 17 heavy (non-hydrogen) atoms. The van der Waals surface area contributed by atoms with Gasteiger partial charge in [0.15, 0.2) is 14.9 Å². The summed E-state index contributed by atoms with van der Waals surface area (Å²) in [6.07, 6.45) is -4.71. The van der Waals surface area contributed by atoms with E-state index in [0.29, 0.717) is 12.1 Å². The third kappa shape index (κ3) is 3.55. The van der Waals surface area contributed by atoms with E-state index in [9.17, 15) is 21.6 Å². The third-order valence-corrected chi connectivity index (χ3v) is 3.54. The lowest BCUT2D eigenvalue weighted by Gasteiger charge is -2.09. The number of hydrogen-bond acceptors (Lipinski definition) is 4. The maximum absolute atomic E-state index is 12.4. The molecule has 0 spiro atoms. The number of aliphatic hydroxyl groups excluding tert-OH is 1. The van der Waals surface area contributed by atoms with Gasteiger partial charge in [-0.15, -0.1) is 0 Å². The fraction of sp³-hybridized carbons (Fsp3) is 0.375. The Balaban J connectivity index is 3.33. The molecule has 0 aromatic carbocycles. The molecule has 0 atom stereocenters. The summed E-state index contributed by atoms with van der Waals surface area (Å²) in [5, 5.41) is 7.13. The van der Waals surface area contributed by atoms with Gasteiger partial charge in [0.25, 0.3) is 0 Å². The van der Waals surface area contributed by atoms with Gasteiger partial charge in [0.05, 0.1) is 17.9 Å². The van der Waals surface area contributed by atoms with E-state index < -0.39 is 44.1 Å². The molecule has 96 valence electrons. The molecule has 0 saturated carbocycles. The van der Waals surface area contributed by atoms with Gasteiger partial charge in [0, 0.05) is 0 Å². The quantitative estimate of drug-likeness (QED) is 0.857. The zero-order valence-electron chi connectivity index (χ0n) is 8.20. The van der Waals surface area contributed by atoms with Crippen molar-refractivity contribution in [2.24, 2.45) is 0 Å². The number of halogens is 4. The lowest BCUT2D eigenvalue weighted by atomic mass is 10.3. The van der Waals surface area contributed by atoms with Gasteiger partial charge in [-0.05, 0) is 12.1 Å². The summed E-state index contributed by atoms with van der Waals surface area (Å²) in [5.41, 5.74) is -1.20. The number of nitrogens with zero attached hydrogens (tertiary/aromatic N) is 1. The highest BCUT2D eigenvalue weighted by atomic mass is 35.5.